The Balaban J connectivity index is 2.61. The summed E-state index contributed by atoms with van der Waals surface area (Å²) in [6.07, 6.45) is 0.275. The number of aliphatic hydroxyl groups excluding tert-OH is 1. The second-order valence-electron chi connectivity index (χ2n) is 4.53. The molecule has 0 saturated heterocycles. The van der Waals surface area contributed by atoms with E-state index in [2.05, 4.69) is 0 Å². The molecule has 0 saturated carbocycles. The second kappa shape index (κ2) is 7.62. The molecular weight excluding hydrogens is 264 g/mol. The van der Waals surface area contributed by atoms with Crippen molar-refractivity contribution < 1.29 is 18.3 Å². The van der Waals surface area contributed by atoms with Crippen molar-refractivity contribution in [3.05, 3.63) is 35.4 Å². The van der Waals surface area contributed by atoms with Gasteiger partial charge in [-0.2, -0.15) is 0 Å². The highest BCUT2D eigenvalue weighted by Crippen LogP contribution is 2.23. The Morgan fingerprint density at radius 2 is 2.00 bits per heavy atom. The van der Waals surface area contributed by atoms with E-state index in [1.807, 2.05) is 24.3 Å². The molecule has 0 bridgehead atoms. The fraction of sp³-hybridized carbons (Fsp3) is 0.571. The number of ether oxygens (including phenoxy) is 1. The molecule has 0 radical (unpaired) electrons. The van der Waals surface area contributed by atoms with E-state index >= 15 is 0 Å². The van der Waals surface area contributed by atoms with Gasteiger partial charge in [0.15, 0.2) is 0 Å². The third kappa shape index (κ3) is 5.30. The van der Waals surface area contributed by atoms with Crippen LogP contribution in [0.25, 0.3) is 0 Å². The molecule has 1 aromatic rings. The first-order valence-electron chi connectivity index (χ1n) is 6.45. The molecule has 0 amide bonds. The van der Waals surface area contributed by atoms with Gasteiger partial charge in [-0.25, -0.2) is 8.42 Å². The third-order valence-electron chi connectivity index (χ3n) is 3.09. The van der Waals surface area contributed by atoms with E-state index < -0.39 is 15.9 Å². The number of hydrogen-bond acceptors (Lipinski definition) is 4. The Kier molecular flexibility index (Phi) is 6.48. The van der Waals surface area contributed by atoms with Gasteiger partial charge in [0.1, 0.15) is 9.84 Å². The van der Waals surface area contributed by atoms with Crippen LogP contribution in [-0.4, -0.2) is 32.1 Å². The Labute approximate surface area is 115 Å². The van der Waals surface area contributed by atoms with Crippen LogP contribution >= 0.6 is 0 Å². The highest BCUT2D eigenvalue weighted by atomic mass is 32.2. The van der Waals surface area contributed by atoms with Crippen molar-refractivity contribution >= 4 is 9.84 Å². The van der Waals surface area contributed by atoms with Gasteiger partial charge < -0.3 is 9.84 Å². The zero-order valence-corrected chi connectivity index (χ0v) is 12.3. The minimum Gasteiger partial charge on any atom is -0.388 e. The van der Waals surface area contributed by atoms with E-state index in [9.17, 15) is 13.5 Å². The van der Waals surface area contributed by atoms with E-state index in [-0.39, 0.29) is 11.5 Å². The van der Waals surface area contributed by atoms with Gasteiger partial charge >= 0.3 is 0 Å². The number of sulfone groups is 1. The van der Waals surface area contributed by atoms with Crippen LogP contribution in [0.4, 0.5) is 0 Å². The summed E-state index contributed by atoms with van der Waals surface area (Å²) >= 11 is 0. The molecular formula is C14H22O4S. The predicted molar refractivity (Wildman–Crippen MR) is 75.7 cm³/mol. The van der Waals surface area contributed by atoms with Crippen LogP contribution in [0.5, 0.6) is 0 Å². The highest BCUT2D eigenvalue weighted by Gasteiger charge is 2.14. The lowest BCUT2D eigenvalue weighted by atomic mass is 10.00. The molecule has 1 aromatic carbocycles. The van der Waals surface area contributed by atoms with Crippen molar-refractivity contribution in [1.82, 2.24) is 0 Å². The summed E-state index contributed by atoms with van der Waals surface area (Å²) < 4.78 is 27.9. The predicted octanol–water partition coefficient (Wildman–Crippen LogP) is 2.08. The van der Waals surface area contributed by atoms with Crippen molar-refractivity contribution in [2.24, 2.45) is 0 Å². The molecule has 1 unspecified atom stereocenters. The monoisotopic (exact) mass is 286 g/mol. The molecule has 0 heterocycles. The molecule has 5 heteroatoms. The zero-order valence-electron chi connectivity index (χ0n) is 11.5. The number of rotatable bonds is 8. The zero-order chi connectivity index (χ0) is 14.3. The minimum absolute atomic E-state index is 0.132. The van der Waals surface area contributed by atoms with Gasteiger partial charge in [0, 0.05) is 12.9 Å². The Morgan fingerprint density at radius 1 is 1.32 bits per heavy atom. The largest absolute Gasteiger partial charge is 0.388 e. The van der Waals surface area contributed by atoms with Crippen LogP contribution in [-0.2, 0) is 21.2 Å². The average molecular weight is 286 g/mol. The molecule has 1 atom stereocenters. The summed E-state index contributed by atoms with van der Waals surface area (Å²) in [5.74, 6) is 0.288. The Hall–Kier alpha value is -0.910. The van der Waals surface area contributed by atoms with Crippen LogP contribution in [0.2, 0.25) is 0 Å². The quantitative estimate of drug-likeness (QED) is 0.794. The van der Waals surface area contributed by atoms with E-state index in [4.69, 9.17) is 4.74 Å². The minimum atomic E-state index is -2.95. The summed E-state index contributed by atoms with van der Waals surface area (Å²) in [6.45, 7) is 2.08. The van der Waals surface area contributed by atoms with Gasteiger partial charge in [-0.1, -0.05) is 31.2 Å². The van der Waals surface area contributed by atoms with Crippen molar-refractivity contribution in [3.8, 4) is 0 Å². The van der Waals surface area contributed by atoms with Gasteiger partial charge in [0.2, 0.25) is 0 Å². The topological polar surface area (TPSA) is 63.6 Å². The van der Waals surface area contributed by atoms with Gasteiger partial charge in [0.25, 0.3) is 0 Å². The van der Waals surface area contributed by atoms with Gasteiger partial charge in [-0.3, -0.25) is 0 Å². The average Bonchev–Trinajstić information content (AvgIpc) is 2.39. The van der Waals surface area contributed by atoms with Gasteiger partial charge in [-0.15, -0.1) is 0 Å². The molecule has 108 valence electrons. The lowest BCUT2D eigenvalue weighted by Gasteiger charge is -2.15. The van der Waals surface area contributed by atoms with Gasteiger partial charge in [-0.05, 0) is 24.0 Å². The summed E-state index contributed by atoms with van der Waals surface area (Å²) in [5, 5.41) is 10.1. The second-order valence-corrected chi connectivity index (χ2v) is 7.00. The SMILES string of the molecule is CCS(=O)(=O)CCCC(O)c1ccccc1COC. The van der Waals surface area contributed by atoms with Crippen LogP contribution < -0.4 is 0 Å². The lowest BCUT2D eigenvalue weighted by molar-refractivity contribution is 0.154. The molecule has 0 aliphatic carbocycles. The number of hydrogen-bond donors (Lipinski definition) is 1. The Bertz CT molecular complexity index is 482. The van der Waals surface area contributed by atoms with E-state index in [0.717, 1.165) is 11.1 Å². The molecule has 1 rings (SSSR count). The molecule has 4 nitrogen and oxygen atoms in total. The lowest BCUT2D eigenvalue weighted by Crippen LogP contribution is -2.10. The fourth-order valence-corrected chi connectivity index (χ4v) is 2.84. The van der Waals surface area contributed by atoms with E-state index in [0.29, 0.717) is 19.4 Å². The van der Waals surface area contributed by atoms with Crippen LogP contribution in [0.15, 0.2) is 24.3 Å². The summed E-state index contributed by atoms with van der Waals surface area (Å²) in [4.78, 5) is 0. The number of aliphatic hydroxyl groups is 1. The standard InChI is InChI=1S/C14H22O4S/c1-3-19(16,17)10-6-9-14(15)13-8-5-4-7-12(13)11-18-2/h4-5,7-8,14-15H,3,6,9-11H2,1-2H3. The highest BCUT2D eigenvalue weighted by molar-refractivity contribution is 7.91. The fourth-order valence-electron chi connectivity index (χ4n) is 1.94. The maximum atomic E-state index is 11.4. The van der Waals surface area contributed by atoms with Crippen molar-refractivity contribution in [2.75, 3.05) is 18.6 Å². The Morgan fingerprint density at radius 3 is 2.63 bits per heavy atom. The van der Waals surface area contributed by atoms with Crippen LogP contribution in [0.3, 0.4) is 0 Å². The molecule has 0 aliphatic heterocycles. The summed E-state index contributed by atoms with van der Waals surface area (Å²) in [5.41, 5.74) is 1.76. The molecule has 0 fully saturated rings. The van der Waals surface area contributed by atoms with Crippen LogP contribution in [0, 0.1) is 0 Å². The molecule has 0 aromatic heterocycles. The maximum Gasteiger partial charge on any atom is 0.150 e. The van der Waals surface area contributed by atoms with E-state index in [1.165, 1.54) is 0 Å². The molecule has 0 aliphatic rings. The van der Waals surface area contributed by atoms with Crippen molar-refractivity contribution in [1.29, 1.82) is 0 Å². The maximum absolute atomic E-state index is 11.4. The number of methoxy groups -OCH3 is 1. The smallest absolute Gasteiger partial charge is 0.150 e. The van der Waals surface area contributed by atoms with E-state index in [1.54, 1.807) is 14.0 Å². The van der Waals surface area contributed by atoms with Gasteiger partial charge in [0.05, 0.1) is 18.5 Å². The first kappa shape index (κ1) is 16.1. The summed E-state index contributed by atoms with van der Waals surface area (Å²) in [6, 6.07) is 7.52. The third-order valence-corrected chi connectivity index (χ3v) is 4.88. The molecule has 0 spiro atoms. The molecule has 1 N–H and O–H groups in total. The molecule has 19 heavy (non-hydrogen) atoms. The first-order chi connectivity index (χ1) is 9.00. The van der Waals surface area contributed by atoms with Crippen LogP contribution in [0.1, 0.15) is 37.0 Å². The first-order valence-corrected chi connectivity index (χ1v) is 8.27. The summed E-state index contributed by atoms with van der Waals surface area (Å²) in [7, 11) is -1.35. The van der Waals surface area contributed by atoms with Crippen molar-refractivity contribution in [2.45, 2.75) is 32.5 Å². The van der Waals surface area contributed by atoms with Crippen molar-refractivity contribution in [3.63, 3.8) is 0 Å². The normalized spacial score (nSPS) is 13.4. The number of benzene rings is 1.